The summed E-state index contributed by atoms with van der Waals surface area (Å²) < 4.78 is 40.7. The van der Waals surface area contributed by atoms with Crippen molar-refractivity contribution in [2.45, 2.75) is 64.6 Å². The molecule has 0 radical (unpaired) electrons. The Kier molecular flexibility index (Phi) is 5.82. The Morgan fingerprint density at radius 1 is 1.11 bits per heavy atom. The average Bonchev–Trinajstić information content (AvgIpc) is 3.14. The molecular formula is C27H32ClF3N2O2. The van der Waals surface area contributed by atoms with Gasteiger partial charge < -0.3 is 10.2 Å². The van der Waals surface area contributed by atoms with E-state index in [0.29, 0.717) is 24.2 Å². The minimum atomic E-state index is -4.61. The molecule has 1 aliphatic heterocycles. The molecular weight excluding hydrogens is 477 g/mol. The number of likely N-dealkylation sites (N-methyl/N-ethyl adjacent to an activating group) is 1. The molecule has 3 saturated carbocycles. The summed E-state index contributed by atoms with van der Waals surface area (Å²) in [7, 11) is 1.89. The van der Waals surface area contributed by atoms with Crippen molar-refractivity contribution in [3.63, 3.8) is 0 Å². The maximum absolute atomic E-state index is 13.6. The number of hydrogen-bond acceptors (Lipinski definition) is 2. The van der Waals surface area contributed by atoms with Crippen molar-refractivity contribution < 1.29 is 22.8 Å². The number of alkyl halides is 3. The van der Waals surface area contributed by atoms with Crippen molar-refractivity contribution in [3.05, 3.63) is 40.9 Å². The molecule has 0 spiro atoms. The van der Waals surface area contributed by atoms with Crippen LogP contribution in [0.2, 0.25) is 5.02 Å². The topological polar surface area (TPSA) is 49.4 Å². The van der Waals surface area contributed by atoms with Gasteiger partial charge in [-0.15, -0.1) is 0 Å². The van der Waals surface area contributed by atoms with Crippen LogP contribution in [0.5, 0.6) is 0 Å². The van der Waals surface area contributed by atoms with Crippen LogP contribution < -0.4 is 5.32 Å². The van der Waals surface area contributed by atoms with E-state index in [1.54, 1.807) is 6.08 Å². The van der Waals surface area contributed by atoms with Crippen molar-refractivity contribution in [1.29, 1.82) is 0 Å². The number of benzene rings is 1. The molecule has 1 aromatic rings. The molecule has 8 heteroatoms. The molecule has 4 aliphatic rings. The molecule has 35 heavy (non-hydrogen) atoms. The summed E-state index contributed by atoms with van der Waals surface area (Å²) in [5.41, 5.74) is -1.49. The van der Waals surface area contributed by atoms with Gasteiger partial charge in [-0.05, 0) is 86.0 Å². The Balaban J connectivity index is 1.38. The van der Waals surface area contributed by atoms with Crippen LogP contribution in [0.25, 0.3) is 0 Å². The Labute approximate surface area is 209 Å². The summed E-state index contributed by atoms with van der Waals surface area (Å²) in [5.74, 6) is 0.621. The van der Waals surface area contributed by atoms with Gasteiger partial charge in [0.1, 0.15) is 0 Å². The summed E-state index contributed by atoms with van der Waals surface area (Å²) in [6.45, 7) is 4.44. The summed E-state index contributed by atoms with van der Waals surface area (Å²) in [5, 5.41) is 2.59. The van der Waals surface area contributed by atoms with E-state index in [1.807, 2.05) is 11.9 Å². The molecule has 2 unspecified atom stereocenters. The molecule has 4 nitrogen and oxygen atoms in total. The molecule has 3 fully saturated rings. The van der Waals surface area contributed by atoms with Crippen molar-refractivity contribution in [2.24, 2.45) is 34.5 Å². The number of carbonyl (C=O) groups excluding carboxylic acids is 2. The maximum Gasteiger partial charge on any atom is 0.418 e. The first-order valence-corrected chi connectivity index (χ1v) is 12.9. The van der Waals surface area contributed by atoms with Crippen LogP contribution in [-0.2, 0) is 15.8 Å². The standard InChI is InChI=1S/C27H32ClF3N2O2/c1-25-12-10-18-16(5-9-22-26(18,2)13-11-23(34)33(22)3)17(25)6-7-19(25)24(35)32-21-8-4-15(28)14-20(21)27(29,30)31/h4,8,11,13-14,16-19,22H,5-7,9-10,12H2,1-3H3,(H,32,35)/t16-,17-,18+,19?,22?,25-,26+/m0/s1. The number of amides is 2. The zero-order chi connectivity index (χ0) is 25.3. The minimum absolute atomic E-state index is 0.0188. The van der Waals surface area contributed by atoms with Crippen molar-refractivity contribution in [3.8, 4) is 0 Å². The fourth-order valence-corrected chi connectivity index (χ4v) is 8.42. The second-order valence-corrected chi connectivity index (χ2v) is 11.9. The zero-order valence-electron chi connectivity index (χ0n) is 20.3. The lowest BCUT2D eigenvalue weighted by molar-refractivity contribution is -0.141. The molecule has 190 valence electrons. The number of fused-ring (bicyclic) bond motifs is 5. The molecule has 1 aromatic carbocycles. The smallest absolute Gasteiger partial charge is 0.338 e. The van der Waals surface area contributed by atoms with E-state index in [4.69, 9.17) is 11.6 Å². The van der Waals surface area contributed by atoms with Crippen LogP contribution in [0.3, 0.4) is 0 Å². The first-order chi connectivity index (χ1) is 16.4. The van der Waals surface area contributed by atoms with Gasteiger partial charge in [0.25, 0.3) is 0 Å². The molecule has 5 rings (SSSR count). The van der Waals surface area contributed by atoms with Gasteiger partial charge in [0.2, 0.25) is 11.8 Å². The van der Waals surface area contributed by atoms with E-state index in [0.717, 1.165) is 38.2 Å². The number of hydrogen-bond donors (Lipinski definition) is 1. The number of halogens is 4. The molecule has 2 amide bonds. The monoisotopic (exact) mass is 508 g/mol. The number of nitrogens with one attached hydrogen (secondary N) is 1. The SMILES string of the molecule is CN1C(=O)C=C[C@@]2(C)C1CC[C@@H]1[C@H]2CC[C@]2(C)C(C(=O)Nc3ccc(Cl)cc3C(F)(F)F)CC[C@@H]12. The van der Waals surface area contributed by atoms with Crippen LogP contribution in [0, 0.1) is 34.5 Å². The van der Waals surface area contributed by atoms with Crippen molar-refractivity contribution in [2.75, 3.05) is 12.4 Å². The first kappa shape index (κ1) is 24.7. The van der Waals surface area contributed by atoms with Crippen LogP contribution in [0.15, 0.2) is 30.4 Å². The van der Waals surface area contributed by atoms with Gasteiger partial charge in [0.15, 0.2) is 0 Å². The third-order valence-electron chi connectivity index (χ3n) is 9.99. The Bertz CT molecular complexity index is 1090. The summed E-state index contributed by atoms with van der Waals surface area (Å²) in [4.78, 5) is 27.6. The summed E-state index contributed by atoms with van der Waals surface area (Å²) in [6.07, 6.45) is 4.58. The van der Waals surface area contributed by atoms with Crippen LogP contribution in [-0.4, -0.2) is 29.8 Å². The van der Waals surface area contributed by atoms with Crippen LogP contribution in [0.4, 0.5) is 18.9 Å². The molecule has 0 aromatic heterocycles. The van der Waals surface area contributed by atoms with E-state index < -0.39 is 11.7 Å². The molecule has 0 saturated heterocycles. The van der Waals surface area contributed by atoms with E-state index in [-0.39, 0.29) is 45.3 Å². The third-order valence-corrected chi connectivity index (χ3v) is 10.2. The van der Waals surface area contributed by atoms with Gasteiger partial charge in [-0.3, -0.25) is 9.59 Å². The van der Waals surface area contributed by atoms with E-state index in [9.17, 15) is 22.8 Å². The molecule has 0 bridgehead atoms. The summed E-state index contributed by atoms with van der Waals surface area (Å²) in [6, 6.07) is 3.66. The number of rotatable bonds is 2. The number of nitrogens with zero attached hydrogens (tertiary/aromatic N) is 1. The van der Waals surface area contributed by atoms with Crippen LogP contribution >= 0.6 is 11.6 Å². The Morgan fingerprint density at radius 3 is 2.57 bits per heavy atom. The van der Waals surface area contributed by atoms with E-state index in [2.05, 4.69) is 25.2 Å². The molecule has 1 N–H and O–H groups in total. The lowest BCUT2D eigenvalue weighted by atomic mass is 9.47. The lowest BCUT2D eigenvalue weighted by Crippen LogP contribution is -2.59. The normalized spacial score (nSPS) is 38.5. The van der Waals surface area contributed by atoms with E-state index >= 15 is 0 Å². The van der Waals surface area contributed by atoms with Gasteiger partial charge in [0, 0.05) is 29.4 Å². The third kappa shape index (κ3) is 3.80. The highest BCUT2D eigenvalue weighted by Crippen LogP contribution is 2.65. The van der Waals surface area contributed by atoms with Gasteiger partial charge >= 0.3 is 6.18 Å². The number of carbonyl (C=O) groups is 2. The van der Waals surface area contributed by atoms with Gasteiger partial charge in [-0.1, -0.05) is 31.5 Å². The van der Waals surface area contributed by atoms with Crippen molar-refractivity contribution >= 4 is 29.1 Å². The Hall–Kier alpha value is -2.02. The second kappa shape index (κ2) is 8.25. The van der Waals surface area contributed by atoms with E-state index in [1.165, 1.54) is 12.1 Å². The number of anilines is 1. The van der Waals surface area contributed by atoms with Crippen LogP contribution in [0.1, 0.15) is 57.9 Å². The fourth-order valence-electron chi connectivity index (χ4n) is 8.25. The highest BCUT2D eigenvalue weighted by atomic mass is 35.5. The fraction of sp³-hybridized carbons (Fsp3) is 0.630. The average molecular weight is 509 g/mol. The molecule has 1 heterocycles. The maximum atomic E-state index is 13.6. The van der Waals surface area contributed by atoms with Gasteiger partial charge in [-0.2, -0.15) is 13.2 Å². The lowest BCUT2D eigenvalue weighted by Gasteiger charge is -2.60. The first-order valence-electron chi connectivity index (χ1n) is 12.5. The van der Waals surface area contributed by atoms with Crippen molar-refractivity contribution in [1.82, 2.24) is 4.90 Å². The van der Waals surface area contributed by atoms with Gasteiger partial charge in [-0.25, -0.2) is 0 Å². The predicted molar refractivity (Wildman–Crippen MR) is 129 cm³/mol. The zero-order valence-corrected chi connectivity index (χ0v) is 21.0. The predicted octanol–water partition coefficient (Wildman–Crippen LogP) is 6.55. The second-order valence-electron chi connectivity index (χ2n) is 11.5. The quantitative estimate of drug-likeness (QED) is 0.492. The Morgan fingerprint density at radius 2 is 1.86 bits per heavy atom. The summed E-state index contributed by atoms with van der Waals surface area (Å²) >= 11 is 5.80. The minimum Gasteiger partial charge on any atom is -0.338 e. The largest absolute Gasteiger partial charge is 0.418 e. The van der Waals surface area contributed by atoms with Gasteiger partial charge in [0.05, 0.1) is 11.3 Å². The molecule has 3 aliphatic carbocycles. The highest BCUT2D eigenvalue weighted by molar-refractivity contribution is 6.30. The molecule has 7 atom stereocenters. The highest BCUT2D eigenvalue weighted by Gasteiger charge is 2.61.